The van der Waals surface area contributed by atoms with Gasteiger partial charge in [-0.25, -0.2) is 0 Å². The quantitative estimate of drug-likeness (QED) is 0.556. The Morgan fingerprint density at radius 2 is 2.00 bits per heavy atom. The first-order chi connectivity index (χ1) is 16.3. The molecule has 1 saturated heterocycles. The van der Waals surface area contributed by atoms with Crippen LogP contribution in [0.25, 0.3) is 0 Å². The monoisotopic (exact) mass is 477 g/mol. The Morgan fingerprint density at radius 3 is 2.71 bits per heavy atom. The van der Waals surface area contributed by atoms with Crippen molar-refractivity contribution < 1.29 is 32.2 Å². The van der Waals surface area contributed by atoms with Crippen LogP contribution >= 0.6 is 0 Å². The van der Waals surface area contributed by atoms with Gasteiger partial charge in [0.15, 0.2) is 17.3 Å². The molecule has 5 rings (SSSR count). The number of halogens is 3. The third-order valence-electron chi connectivity index (χ3n) is 7.57. The molecule has 1 aromatic rings. The first-order valence-corrected chi connectivity index (χ1v) is 12.1. The Bertz CT molecular complexity index is 983. The number of nitrogens with zero attached hydrogens (tertiary/aromatic N) is 1. The summed E-state index contributed by atoms with van der Waals surface area (Å²) in [4.78, 5) is 15.7. The molecule has 2 fully saturated rings. The van der Waals surface area contributed by atoms with E-state index < -0.39 is 17.2 Å². The van der Waals surface area contributed by atoms with Gasteiger partial charge in [-0.15, -0.1) is 0 Å². The van der Waals surface area contributed by atoms with Gasteiger partial charge in [0.05, 0.1) is 30.2 Å². The van der Waals surface area contributed by atoms with E-state index in [4.69, 9.17) is 14.2 Å². The molecule has 2 aliphatic heterocycles. The van der Waals surface area contributed by atoms with E-state index in [1.807, 2.05) is 18.2 Å². The van der Waals surface area contributed by atoms with E-state index in [0.29, 0.717) is 18.9 Å². The number of ether oxygens (including phenoxy) is 3. The van der Waals surface area contributed by atoms with Crippen LogP contribution in [0, 0.1) is 5.92 Å². The van der Waals surface area contributed by atoms with Gasteiger partial charge in [0.25, 0.3) is 0 Å². The van der Waals surface area contributed by atoms with E-state index in [1.54, 1.807) is 0 Å². The highest BCUT2D eigenvalue weighted by atomic mass is 19.4. The van der Waals surface area contributed by atoms with Crippen molar-refractivity contribution in [3.8, 4) is 11.5 Å². The fraction of sp³-hybridized carbons (Fsp3) is 0.577. The normalized spacial score (nSPS) is 26.1. The number of piperidine rings is 1. The molecule has 0 radical (unpaired) electrons. The summed E-state index contributed by atoms with van der Waals surface area (Å²) >= 11 is 0. The third-order valence-corrected chi connectivity index (χ3v) is 7.57. The predicted octanol–water partition coefficient (Wildman–Crippen LogP) is 4.95. The van der Waals surface area contributed by atoms with Crippen LogP contribution in [0.1, 0.15) is 44.1 Å². The van der Waals surface area contributed by atoms with Gasteiger partial charge in [-0.2, -0.15) is 13.2 Å². The molecule has 4 aliphatic rings. The second kappa shape index (κ2) is 9.38. The standard InChI is InChI=1S/C26H30F3NO4/c27-26(28,29)19-4-7-21(8-5-19)32-16-18-3-1-12-30(14-18)15-24(31)25(10-2-11-25)20-6-9-22-23(13-20)34-17-33-22/h4-7,9,13,18,21H,1-3,8,10-12,14-17H2. The molecule has 1 aromatic carbocycles. The molecule has 0 bridgehead atoms. The molecule has 8 heteroatoms. The predicted molar refractivity (Wildman–Crippen MR) is 120 cm³/mol. The molecule has 2 aliphatic carbocycles. The summed E-state index contributed by atoms with van der Waals surface area (Å²) in [5, 5.41) is 0. The second-order valence-corrected chi connectivity index (χ2v) is 9.79. The van der Waals surface area contributed by atoms with Gasteiger partial charge < -0.3 is 14.2 Å². The van der Waals surface area contributed by atoms with Gasteiger partial charge in [-0.1, -0.05) is 30.7 Å². The molecule has 0 spiro atoms. The number of hydrogen-bond acceptors (Lipinski definition) is 5. The minimum atomic E-state index is -4.31. The number of allylic oxidation sites excluding steroid dienone is 2. The van der Waals surface area contributed by atoms with Crippen molar-refractivity contribution in [1.29, 1.82) is 0 Å². The SMILES string of the molecule is O=C(CN1CCCC(COC2C=CC(C(F)(F)F)=CC2)C1)C1(c2ccc3c(c2)OCO3)CCC1. The topological polar surface area (TPSA) is 48.0 Å². The van der Waals surface area contributed by atoms with Gasteiger partial charge in [-0.3, -0.25) is 9.69 Å². The molecule has 5 nitrogen and oxygen atoms in total. The number of benzene rings is 1. The van der Waals surface area contributed by atoms with Crippen molar-refractivity contribution in [3.63, 3.8) is 0 Å². The Kier molecular flexibility index (Phi) is 6.46. The van der Waals surface area contributed by atoms with E-state index in [9.17, 15) is 18.0 Å². The number of rotatable bonds is 7. The maximum Gasteiger partial charge on any atom is 0.416 e. The largest absolute Gasteiger partial charge is 0.454 e. The summed E-state index contributed by atoms with van der Waals surface area (Å²) in [6.07, 6.45) is 4.13. The molecule has 2 atom stereocenters. The fourth-order valence-electron chi connectivity index (χ4n) is 5.43. The summed E-state index contributed by atoms with van der Waals surface area (Å²) < 4.78 is 55.2. The zero-order chi connectivity index (χ0) is 23.8. The lowest BCUT2D eigenvalue weighted by molar-refractivity contribution is -0.129. The van der Waals surface area contributed by atoms with Gasteiger partial charge in [-0.05, 0) is 62.3 Å². The first kappa shape index (κ1) is 23.4. The lowest BCUT2D eigenvalue weighted by atomic mass is 9.61. The summed E-state index contributed by atoms with van der Waals surface area (Å²) in [6, 6.07) is 5.85. The Morgan fingerprint density at radius 1 is 1.18 bits per heavy atom. The maximum absolute atomic E-state index is 13.5. The van der Waals surface area contributed by atoms with Crippen LogP contribution in [0.3, 0.4) is 0 Å². The summed E-state index contributed by atoms with van der Waals surface area (Å²) in [6.45, 7) is 2.76. The molecule has 1 saturated carbocycles. The van der Waals surface area contributed by atoms with Crippen LogP contribution in [0.4, 0.5) is 13.2 Å². The highest BCUT2D eigenvalue weighted by molar-refractivity contribution is 5.93. The molecule has 0 aromatic heterocycles. The molecule has 0 amide bonds. The maximum atomic E-state index is 13.5. The van der Waals surface area contributed by atoms with E-state index in [2.05, 4.69) is 4.90 Å². The highest BCUT2D eigenvalue weighted by Gasteiger charge is 2.46. The van der Waals surface area contributed by atoms with Crippen LogP contribution in [-0.2, 0) is 14.9 Å². The zero-order valence-electron chi connectivity index (χ0n) is 19.1. The smallest absolute Gasteiger partial charge is 0.416 e. The number of ketones is 1. The van der Waals surface area contributed by atoms with E-state index >= 15 is 0 Å². The average Bonchev–Trinajstić information content (AvgIpc) is 3.25. The minimum Gasteiger partial charge on any atom is -0.454 e. The Balaban J connectivity index is 1.14. The van der Waals surface area contributed by atoms with Crippen molar-refractivity contribution in [1.82, 2.24) is 4.90 Å². The van der Waals surface area contributed by atoms with Crippen LogP contribution in [-0.4, -0.2) is 56.0 Å². The van der Waals surface area contributed by atoms with Crippen molar-refractivity contribution in [3.05, 3.63) is 47.6 Å². The lowest BCUT2D eigenvalue weighted by Gasteiger charge is -2.43. The van der Waals surface area contributed by atoms with Gasteiger partial charge in [0, 0.05) is 6.54 Å². The highest BCUT2D eigenvalue weighted by Crippen LogP contribution is 2.47. The Hall–Kier alpha value is -2.32. The number of fused-ring (bicyclic) bond motifs is 1. The van der Waals surface area contributed by atoms with Crippen molar-refractivity contribution in [2.24, 2.45) is 5.92 Å². The molecule has 184 valence electrons. The van der Waals surface area contributed by atoms with Crippen LogP contribution in [0.15, 0.2) is 42.0 Å². The molecule has 2 unspecified atom stereocenters. The van der Waals surface area contributed by atoms with Gasteiger partial charge >= 0.3 is 6.18 Å². The zero-order valence-corrected chi connectivity index (χ0v) is 19.1. The number of alkyl halides is 3. The van der Waals surface area contributed by atoms with Crippen molar-refractivity contribution >= 4 is 5.78 Å². The van der Waals surface area contributed by atoms with Crippen molar-refractivity contribution in [2.75, 3.05) is 33.0 Å². The van der Waals surface area contributed by atoms with Crippen LogP contribution < -0.4 is 9.47 Å². The molecule has 0 N–H and O–H groups in total. The van der Waals surface area contributed by atoms with E-state index in [1.165, 1.54) is 12.2 Å². The molecular weight excluding hydrogens is 447 g/mol. The van der Waals surface area contributed by atoms with Crippen LogP contribution in [0.5, 0.6) is 11.5 Å². The van der Waals surface area contributed by atoms with Gasteiger partial charge in [0.1, 0.15) is 0 Å². The fourth-order valence-corrected chi connectivity index (χ4v) is 5.43. The average molecular weight is 478 g/mol. The molecular formula is C26H30F3NO4. The van der Waals surface area contributed by atoms with E-state index in [-0.39, 0.29) is 31.0 Å². The number of carbonyl (C=O) groups excluding carboxylic acids is 1. The minimum absolute atomic E-state index is 0.216. The Labute approximate surface area is 197 Å². The lowest BCUT2D eigenvalue weighted by Crippen LogP contribution is -2.49. The number of likely N-dealkylation sites (tertiary alicyclic amines) is 1. The third kappa shape index (κ3) is 4.75. The van der Waals surface area contributed by atoms with Crippen LogP contribution in [0.2, 0.25) is 0 Å². The van der Waals surface area contributed by atoms with Crippen molar-refractivity contribution in [2.45, 2.75) is 56.2 Å². The number of hydrogen-bond donors (Lipinski definition) is 0. The van der Waals surface area contributed by atoms with E-state index in [0.717, 1.165) is 62.6 Å². The second-order valence-electron chi connectivity index (χ2n) is 9.79. The summed E-state index contributed by atoms with van der Waals surface area (Å²) in [5.41, 5.74) is -0.0397. The number of carbonyl (C=O) groups is 1. The molecule has 2 heterocycles. The first-order valence-electron chi connectivity index (χ1n) is 12.1. The number of Topliss-reactive ketones (excluding diaryl/α,β-unsaturated/α-hetero) is 1. The van der Waals surface area contributed by atoms with Gasteiger partial charge in [0.2, 0.25) is 6.79 Å². The summed E-state index contributed by atoms with van der Waals surface area (Å²) in [5.74, 6) is 1.95. The summed E-state index contributed by atoms with van der Waals surface area (Å²) in [7, 11) is 0. The molecule has 34 heavy (non-hydrogen) atoms.